The predicted molar refractivity (Wildman–Crippen MR) is 105 cm³/mol. The van der Waals surface area contributed by atoms with Crippen molar-refractivity contribution >= 4 is 0 Å². The van der Waals surface area contributed by atoms with Crippen molar-refractivity contribution in [3.63, 3.8) is 0 Å². The van der Waals surface area contributed by atoms with Crippen molar-refractivity contribution in [2.45, 2.75) is 91.6 Å². The maximum Gasteiger partial charge on any atom is 0.0577 e. The van der Waals surface area contributed by atoms with Crippen LogP contribution in [0.15, 0.2) is 23.3 Å². The minimum Gasteiger partial charge on any atom is -0.393 e. The van der Waals surface area contributed by atoms with Gasteiger partial charge in [0.15, 0.2) is 0 Å². The molecule has 0 saturated heterocycles. The summed E-state index contributed by atoms with van der Waals surface area (Å²) >= 11 is 0. The van der Waals surface area contributed by atoms with Crippen LogP contribution in [0.4, 0.5) is 0 Å². The lowest BCUT2D eigenvalue weighted by Crippen LogP contribution is -2.50. The van der Waals surface area contributed by atoms with E-state index in [1.807, 2.05) is 0 Å². The first kappa shape index (κ1) is 17.8. The summed E-state index contributed by atoms with van der Waals surface area (Å²) in [5, 5.41) is 10.1. The monoisotopic (exact) mass is 342 g/mol. The van der Waals surface area contributed by atoms with Gasteiger partial charge in [0, 0.05) is 0 Å². The van der Waals surface area contributed by atoms with Gasteiger partial charge in [0.25, 0.3) is 0 Å². The van der Waals surface area contributed by atoms with Gasteiger partial charge in [-0.2, -0.15) is 0 Å². The second kappa shape index (κ2) is 6.25. The lowest BCUT2D eigenvalue weighted by atomic mass is 9.47. The summed E-state index contributed by atoms with van der Waals surface area (Å²) in [7, 11) is 0. The van der Waals surface area contributed by atoms with E-state index in [-0.39, 0.29) is 6.10 Å². The van der Waals surface area contributed by atoms with Crippen molar-refractivity contribution < 1.29 is 5.11 Å². The third kappa shape index (κ3) is 2.59. The van der Waals surface area contributed by atoms with Gasteiger partial charge in [-0.3, -0.25) is 0 Å². The van der Waals surface area contributed by atoms with E-state index >= 15 is 0 Å². The second-order valence-electron chi connectivity index (χ2n) is 10.2. The van der Waals surface area contributed by atoms with Crippen LogP contribution in [0.2, 0.25) is 0 Å². The van der Waals surface area contributed by atoms with E-state index in [1.165, 1.54) is 44.9 Å². The molecule has 4 rings (SSSR count). The van der Waals surface area contributed by atoms with E-state index in [2.05, 4.69) is 39.8 Å². The maximum atomic E-state index is 10.1. The van der Waals surface area contributed by atoms with Gasteiger partial charge in [0.2, 0.25) is 0 Å². The molecule has 5 unspecified atom stereocenters. The number of aliphatic hydroxyl groups is 1. The van der Waals surface area contributed by atoms with Crippen molar-refractivity contribution in [2.75, 3.05) is 0 Å². The second-order valence-corrected chi connectivity index (χ2v) is 10.2. The predicted octanol–water partition coefficient (Wildman–Crippen LogP) is 6.28. The molecule has 0 aromatic carbocycles. The Kier molecular flexibility index (Phi) is 4.46. The zero-order valence-electron chi connectivity index (χ0n) is 16.9. The van der Waals surface area contributed by atoms with Crippen molar-refractivity contribution in [3.05, 3.63) is 23.3 Å². The number of hydrogen-bond acceptors (Lipinski definition) is 1. The summed E-state index contributed by atoms with van der Waals surface area (Å²) in [5.74, 6) is 3.50. The van der Waals surface area contributed by atoms with Gasteiger partial charge >= 0.3 is 0 Å². The highest BCUT2D eigenvalue weighted by Crippen LogP contribution is 2.67. The molecule has 25 heavy (non-hydrogen) atoms. The fourth-order valence-electron chi connectivity index (χ4n) is 7.85. The first-order valence-electron chi connectivity index (χ1n) is 10.9. The number of hydrogen-bond donors (Lipinski definition) is 1. The van der Waals surface area contributed by atoms with Gasteiger partial charge in [-0.05, 0) is 99.2 Å². The zero-order chi connectivity index (χ0) is 17.8. The molecular weight excluding hydrogens is 304 g/mol. The molecule has 0 radical (unpaired) electrons. The molecule has 140 valence electrons. The molecule has 1 N–H and O–H groups in total. The summed E-state index contributed by atoms with van der Waals surface area (Å²) in [6.45, 7) is 9.85. The summed E-state index contributed by atoms with van der Waals surface area (Å²) in [6, 6.07) is 0. The topological polar surface area (TPSA) is 20.2 Å². The van der Waals surface area contributed by atoms with E-state index in [4.69, 9.17) is 0 Å². The Balaban J connectivity index is 1.63. The highest BCUT2D eigenvalue weighted by molar-refractivity contribution is 5.26. The van der Waals surface area contributed by atoms with Crippen LogP contribution in [0.25, 0.3) is 0 Å². The smallest absolute Gasteiger partial charge is 0.0577 e. The molecule has 0 amide bonds. The molecule has 7 atom stereocenters. The molecular formula is C24H38O. The minimum absolute atomic E-state index is 0.0811. The fourth-order valence-corrected chi connectivity index (χ4v) is 7.85. The Morgan fingerprint density at radius 3 is 2.72 bits per heavy atom. The Bertz CT molecular complexity index is 587. The third-order valence-corrected chi connectivity index (χ3v) is 9.15. The average molecular weight is 343 g/mol. The van der Waals surface area contributed by atoms with E-state index in [9.17, 15) is 5.11 Å². The van der Waals surface area contributed by atoms with Crippen LogP contribution in [0.5, 0.6) is 0 Å². The molecule has 3 fully saturated rings. The SMILES string of the molecule is CC/C=C(\C)[C@H]1CCC2C3CC=C4C[C@@H](O)CCC4(C)C3CCC21C. The number of rotatable bonds is 2. The molecule has 0 aromatic heterocycles. The molecule has 0 bridgehead atoms. The lowest BCUT2D eigenvalue weighted by Gasteiger charge is -2.58. The van der Waals surface area contributed by atoms with Crippen LogP contribution in [0.3, 0.4) is 0 Å². The lowest BCUT2D eigenvalue weighted by molar-refractivity contribution is -0.0454. The van der Waals surface area contributed by atoms with Crippen molar-refractivity contribution in [3.8, 4) is 0 Å². The van der Waals surface area contributed by atoms with Gasteiger partial charge in [-0.15, -0.1) is 0 Å². The van der Waals surface area contributed by atoms with E-state index in [1.54, 1.807) is 11.1 Å². The first-order valence-corrected chi connectivity index (χ1v) is 10.9. The molecule has 0 heterocycles. The molecule has 1 heteroatoms. The Labute approximate surface area is 155 Å². The van der Waals surface area contributed by atoms with Crippen molar-refractivity contribution in [1.82, 2.24) is 0 Å². The Morgan fingerprint density at radius 1 is 1.16 bits per heavy atom. The van der Waals surface area contributed by atoms with Gasteiger partial charge in [-0.25, -0.2) is 0 Å². The van der Waals surface area contributed by atoms with E-state index in [0.717, 1.165) is 36.5 Å². The zero-order valence-corrected chi connectivity index (χ0v) is 16.9. The summed E-state index contributed by atoms with van der Waals surface area (Å²) in [5.41, 5.74) is 4.19. The standard InChI is InChI=1S/C24H38O/c1-5-6-16(2)20-9-10-21-19-8-7-17-15-18(25)11-13-23(17,3)22(19)12-14-24(20,21)4/h6-7,18-22,25H,5,8-15H2,1-4H3/b16-6+/t18-,19?,20+,21?,22?,23?,24?/m0/s1. The van der Waals surface area contributed by atoms with E-state index in [0.29, 0.717) is 10.8 Å². The highest BCUT2D eigenvalue weighted by atomic mass is 16.3. The van der Waals surface area contributed by atoms with Gasteiger partial charge < -0.3 is 5.11 Å². The maximum absolute atomic E-state index is 10.1. The number of allylic oxidation sites excluding steroid dienone is 3. The number of fused-ring (bicyclic) bond motifs is 5. The molecule has 4 aliphatic rings. The highest BCUT2D eigenvalue weighted by Gasteiger charge is 2.58. The van der Waals surface area contributed by atoms with Crippen LogP contribution in [0.1, 0.15) is 85.5 Å². The van der Waals surface area contributed by atoms with Gasteiger partial charge in [0.1, 0.15) is 0 Å². The molecule has 0 aliphatic heterocycles. The largest absolute Gasteiger partial charge is 0.393 e. The Morgan fingerprint density at radius 2 is 1.96 bits per heavy atom. The van der Waals surface area contributed by atoms with Crippen molar-refractivity contribution in [2.24, 2.45) is 34.5 Å². The third-order valence-electron chi connectivity index (χ3n) is 9.15. The van der Waals surface area contributed by atoms with Gasteiger partial charge in [-0.1, -0.05) is 44.1 Å². The fraction of sp³-hybridized carbons (Fsp3) is 0.833. The molecule has 0 spiro atoms. The van der Waals surface area contributed by atoms with Gasteiger partial charge in [0.05, 0.1) is 6.10 Å². The molecule has 3 saturated carbocycles. The van der Waals surface area contributed by atoms with E-state index < -0.39 is 0 Å². The summed E-state index contributed by atoms with van der Waals surface area (Å²) in [4.78, 5) is 0. The Hall–Kier alpha value is -0.560. The molecule has 0 aromatic rings. The minimum atomic E-state index is -0.0811. The van der Waals surface area contributed by atoms with Crippen LogP contribution in [0, 0.1) is 34.5 Å². The van der Waals surface area contributed by atoms with Crippen molar-refractivity contribution in [1.29, 1.82) is 0 Å². The molecule has 1 nitrogen and oxygen atoms in total. The average Bonchev–Trinajstić information content (AvgIpc) is 2.93. The van der Waals surface area contributed by atoms with Crippen LogP contribution < -0.4 is 0 Å². The quantitative estimate of drug-likeness (QED) is 0.585. The van der Waals surface area contributed by atoms with Crippen LogP contribution in [-0.4, -0.2) is 11.2 Å². The normalized spacial score (nSPS) is 49.9. The number of aliphatic hydroxyl groups excluding tert-OH is 1. The molecule has 4 aliphatic carbocycles. The first-order chi connectivity index (χ1) is 11.9. The van der Waals surface area contributed by atoms with Crippen LogP contribution in [-0.2, 0) is 0 Å². The summed E-state index contributed by atoms with van der Waals surface area (Å²) in [6.07, 6.45) is 16.3. The van der Waals surface area contributed by atoms with Crippen LogP contribution >= 0.6 is 0 Å². The summed E-state index contributed by atoms with van der Waals surface area (Å²) < 4.78 is 0.